The van der Waals surface area contributed by atoms with Crippen LogP contribution >= 0.6 is 28.3 Å². The first kappa shape index (κ1) is 16.9. The van der Waals surface area contributed by atoms with Crippen LogP contribution in [0.15, 0.2) is 22.7 Å². The maximum absolute atomic E-state index is 12.1. The van der Waals surface area contributed by atoms with E-state index in [4.69, 9.17) is 0 Å². The number of nitrogens with zero attached hydrogens (tertiary/aromatic N) is 1. The number of rotatable bonds is 3. The van der Waals surface area contributed by atoms with E-state index < -0.39 is 4.92 Å². The molecular formula is C12H15BrClN3O3. The van der Waals surface area contributed by atoms with Crippen LogP contribution in [-0.2, 0) is 0 Å². The number of non-ortho nitro benzene ring substituents is 1. The smallest absolute Gasteiger partial charge is 0.271 e. The van der Waals surface area contributed by atoms with Crippen molar-refractivity contribution in [1.82, 2.24) is 10.6 Å². The lowest BCUT2D eigenvalue weighted by molar-refractivity contribution is -0.385. The van der Waals surface area contributed by atoms with Crippen molar-refractivity contribution < 1.29 is 9.72 Å². The lowest BCUT2D eigenvalue weighted by Gasteiger charge is -2.23. The molecule has 8 heteroatoms. The summed E-state index contributed by atoms with van der Waals surface area (Å²) in [5.41, 5.74) is 0.202. The highest BCUT2D eigenvalue weighted by Gasteiger charge is 2.18. The molecule has 0 radical (unpaired) electrons. The Kier molecular flexibility index (Phi) is 6.38. The van der Waals surface area contributed by atoms with Gasteiger partial charge in [-0.2, -0.15) is 0 Å². The van der Waals surface area contributed by atoms with E-state index >= 15 is 0 Å². The first-order valence-electron chi connectivity index (χ1n) is 6.03. The Labute approximate surface area is 131 Å². The van der Waals surface area contributed by atoms with E-state index in [1.807, 2.05) is 0 Å². The molecule has 1 heterocycles. The molecule has 0 aliphatic carbocycles. The number of carbonyl (C=O) groups excluding carboxylic acids is 1. The minimum Gasteiger partial charge on any atom is -0.348 e. The molecule has 0 spiro atoms. The minimum atomic E-state index is -0.510. The molecule has 20 heavy (non-hydrogen) atoms. The summed E-state index contributed by atoms with van der Waals surface area (Å²) in [5.74, 6) is -0.280. The Morgan fingerprint density at radius 1 is 1.45 bits per heavy atom. The molecular weight excluding hydrogens is 350 g/mol. The molecule has 1 fully saturated rings. The number of hydrogen-bond acceptors (Lipinski definition) is 4. The third-order valence-corrected chi connectivity index (χ3v) is 3.45. The van der Waals surface area contributed by atoms with E-state index in [0.29, 0.717) is 10.0 Å². The topological polar surface area (TPSA) is 84.3 Å². The van der Waals surface area contributed by atoms with E-state index in [2.05, 4.69) is 26.6 Å². The molecule has 6 nitrogen and oxygen atoms in total. The van der Waals surface area contributed by atoms with Gasteiger partial charge in [-0.25, -0.2) is 0 Å². The van der Waals surface area contributed by atoms with Crippen molar-refractivity contribution in [2.24, 2.45) is 0 Å². The van der Waals surface area contributed by atoms with Gasteiger partial charge < -0.3 is 10.6 Å². The van der Waals surface area contributed by atoms with Gasteiger partial charge in [-0.05, 0) is 25.5 Å². The van der Waals surface area contributed by atoms with Crippen molar-refractivity contribution in [3.63, 3.8) is 0 Å². The number of carbonyl (C=O) groups is 1. The lowest BCUT2D eigenvalue weighted by Crippen LogP contribution is -2.45. The first-order valence-corrected chi connectivity index (χ1v) is 6.82. The standard InChI is InChI=1S/C12H14BrN3O3.ClH/c13-9-4-8(5-11(6-9)16(18)19)12(17)15-10-2-1-3-14-7-10;/h4-6,10,14H,1-3,7H2,(H,15,17);1H. The number of benzene rings is 1. The SMILES string of the molecule is Cl.O=C(NC1CCCNC1)c1cc(Br)cc([N+](=O)[O-])c1. The van der Waals surface area contributed by atoms with Gasteiger partial charge in [0.2, 0.25) is 0 Å². The molecule has 2 rings (SSSR count). The van der Waals surface area contributed by atoms with E-state index in [9.17, 15) is 14.9 Å². The summed E-state index contributed by atoms with van der Waals surface area (Å²) >= 11 is 3.18. The molecule has 1 aliphatic rings. The highest BCUT2D eigenvalue weighted by molar-refractivity contribution is 9.10. The number of nitrogens with one attached hydrogen (secondary N) is 2. The van der Waals surface area contributed by atoms with E-state index in [1.54, 1.807) is 6.07 Å². The zero-order valence-electron chi connectivity index (χ0n) is 10.6. The van der Waals surface area contributed by atoms with Crippen LogP contribution in [-0.4, -0.2) is 30.0 Å². The number of amides is 1. The summed E-state index contributed by atoms with van der Waals surface area (Å²) < 4.78 is 0.522. The van der Waals surface area contributed by atoms with E-state index in [0.717, 1.165) is 25.9 Å². The van der Waals surface area contributed by atoms with Crippen LogP contribution in [0, 0.1) is 10.1 Å². The molecule has 0 aromatic heterocycles. The molecule has 1 saturated heterocycles. The van der Waals surface area contributed by atoms with Crippen LogP contribution in [0.5, 0.6) is 0 Å². The third-order valence-electron chi connectivity index (χ3n) is 2.99. The van der Waals surface area contributed by atoms with Gasteiger partial charge in [0.25, 0.3) is 11.6 Å². The molecule has 0 saturated carbocycles. The molecule has 1 aromatic carbocycles. The van der Waals surface area contributed by atoms with Crippen molar-refractivity contribution in [3.05, 3.63) is 38.3 Å². The monoisotopic (exact) mass is 363 g/mol. The fourth-order valence-electron chi connectivity index (χ4n) is 2.05. The lowest BCUT2D eigenvalue weighted by atomic mass is 10.1. The largest absolute Gasteiger partial charge is 0.348 e. The summed E-state index contributed by atoms with van der Waals surface area (Å²) in [5, 5.41) is 16.8. The summed E-state index contributed by atoms with van der Waals surface area (Å²) in [7, 11) is 0. The van der Waals surface area contributed by atoms with Crippen LogP contribution < -0.4 is 10.6 Å². The van der Waals surface area contributed by atoms with Crippen LogP contribution in [0.25, 0.3) is 0 Å². The Hall–Kier alpha value is -1.18. The molecule has 1 amide bonds. The number of nitro groups is 1. The Morgan fingerprint density at radius 3 is 2.80 bits per heavy atom. The normalized spacial score (nSPS) is 17.9. The number of hydrogen-bond donors (Lipinski definition) is 2. The van der Waals surface area contributed by atoms with Crippen LogP contribution in [0.1, 0.15) is 23.2 Å². The zero-order chi connectivity index (χ0) is 13.8. The second-order valence-electron chi connectivity index (χ2n) is 4.47. The second-order valence-corrected chi connectivity index (χ2v) is 5.39. The molecule has 110 valence electrons. The number of halogens is 2. The van der Waals surface area contributed by atoms with Crippen LogP contribution in [0.2, 0.25) is 0 Å². The summed E-state index contributed by atoms with van der Waals surface area (Å²) in [6.07, 6.45) is 1.94. The predicted octanol–water partition coefficient (Wildman–Crippen LogP) is 2.26. The second kappa shape index (κ2) is 7.56. The van der Waals surface area contributed by atoms with Gasteiger partial charge >= 0.3 is 0 Å². The van der Waals surface area contributed by atoms with Gasteiger partial charge in [0.15, 0.2) is 0 Å². The average molecular weight is 365 g/mol. The Balaban J connectivity index is 0.00000200. The first-order chi connectivity index (χ1) is 9.06. The maximum Gasteiger partial charge on any atom is 0.271 e. The van der Waals surface area contributed by atoms with Gasteiger partial charge in [0.1, 0.15) is 0 Å². The molecule has 1 atom stereocenters. The summed E-state index contributed by atoms with van der Waals surface area (Å²) in [6, 6.07) is 4.33. The third kappa shape index (κ3) is 4.43. The Bertz CT molecular complexity index is 507. The van der Waals surface area contributed by atoms with Crippen molar-refractivity contribution in [2.75, 3.05) is 13.1 Å². The van der Waals surface area contributed by atoms with Gasteiger partial charge in [0.05, 0.1) is 4.92 Å². The average Bonchev–Trinajstić information content (AvgIpc) is 2.39. The highest BCUT2D eigenvalue weighted by atomic mass is 79.9. The van der Waals surface area contributed by atoms with Gasteiger partial charge in [-0.3, -0.25) is 14.9 Å². The highest BCUT2D eigenvalue weighted by Crippen LogP contribution is 2.21. The molecule has 1 aromatic rings. The fourth-order valence-corrected chi connectivity index (χ4v) is 2.54. The predicted molar refractivity (Wildman–Crippen MR) is 81.4 cm³/mol. The fraction of sp³-hybridized carbons (Fsp3) is 0.417. The maximum atomic E-state index is 12.1. The van der Waals surface area contributed by atoms with Crippen molar-refractivity contribution in [2.45, 2.75) is 18.9 Å². The van der Waals surface area contributed by atoms with E-state index in [-0.39, 0.29) is 30.0 Å². The van der Waals surface area contributed by atoms with Gasteiger partial charge in [-0.15, -0.1) is 12.4 Å². The number of piperidine rings is 1. The van der Waals surface area contributed by atoms with Crippen LogP contribution in [0.3, 0.4) is 0 Å². The Morgan fingerprint density at radius 2 is 2.20 bits per heavy atom. The van der Waals surface area contributed by atoms with Gasteiger partial charge in [-0.1, -0.05) is 15.9 Å². The summed E-state index contributed by atoms with van der Waals surface area (Å²) in [6.45, 7) is 1.70. The van der Waals surface area contributed by atoms with Crippen LogP contribution in [0.4, 0.5) is 5.69 Å². The quantitative estimate of drug-likeness (QED) is 0.636. The van der Waals surface area contributed by atoms with Gasteiger partial charge in [0, 0.05) is 34.8 Å². The summed E-state index contributed by atoms with van der Waals surface area (Å²) in [4.78, 5) is 22.3. The van der Waals surface area contributed by atoms with Crippen molar-refractivity contribution in [1.29, 1.82) is 0 Å². The van der Waals surface area contributed by atoms with E-state index in [1.165, 1.54) is 12.1 Å². The minimum absolute atomic E-state index is 0. The molecule has 2 N–H and O–H groups in total. The molecule has 1 unspecified atom stereocenters. The van der Waals surface area contributed by atoms with Crippen molar-refractivity contribution in [3.8, 4) is 0 Å². The molecule has 0 bridgehead atoms. The van der Waals surface area contributed by atoms with Crippen molar-refractivity contribution >= 4 is 39.9 Å². The molecule has 1 aliphatic heterocycles. The number of nitro benzene ring substituents is 1. The zero-order valence-corrected chi connectivity index (χ0v) is 13.0.